The molecule has 2 aromatic heterocycles. The zero-order chi connectivity index (χ0) is 24.2. The highest BCUT2D eigenvalue weighted by Crippen LogP contribution is 2.27. The Morgan fingerprint density at radius 2 is 2.06 bits per heavy atom. The third kappa shape index (κ3) is 5.39. The molecule has 1 N–H and O–H groups in total. The van der Waals surface area contributed by atoms with Gasteiger partial charge in [-0.3, -0.25) is 14.2 Å². The quantitative estimate of drug-likeness (QED) is 0.278. The average molecular weight is 509 g/mol. The summed E-state index contributed by atoms with van der Waals surface area (Å²) >= 11 is 2.60. The van der Waals surface area contributed by atoms with Crippen LogP contribution >= 0.6 is 23.1 Å². The number of amides is 1. The van der Waals surface area contributed by atoms with Crippen LogP contribution in [-0.2, 0) is 16.1 Å². The maximum Gasteiger partial charge on any atom is 0.262 e. The molecule has 1 amide bonds. The Bertz CT molecular complexity index is 1390. The van der Waals surface area contributed by atoms with E-state index in [-0.39, 0.29) is 23.3 Å². The molecule has 1 aliphatic heterocycles. The zero-order valence-electron chi connectivity index (χ0n) is 19.1. The number of nitrogens with one attached hydrogen (secondary N) is 1. The second-order valence-electron chi connectivity index (χ2n) is 8.07. The summed E-state index contributed by atoms with van der Waals surface area (Å²) in [4.78, 5) is 35.1. The van der Waals surface area contributed by atoms with Gasteiger partial charge in [0.2, 0.25) is 5.91 Å². The van der Waals surface area contributed by atoms with Crippen molar-refractivity contribution in [2.75, 3.05) is 24.8 Å². The van der Waals surface area contributed by atoms with Crippen molar-refractivity contribution in [3.63, 3.8) is 0 Å². The number of hydrogen-bond donors (Lipinski definition) is 1. The lowest BCUT2D eigenvalue weighted by atomic mass is 10.2. The highest BCUT2D eigenvalue weighted by Gasteiger charge is 2.21. The molecule has 1 aliphatic rings. The molecule has 2 aromatic carbocycles. The van der Waals surface area contributed by atoms with E-state index in [2.05, 4.69) is 15.3 Å². The number of carbonyl (C=O) groups is 1. The Labute approximate surface area is 210 Å². The van der Waals surface area contributed by atoms with Gasteiger partial charge in [-0.05, 0) is 49.2 Å². The molecular weight excluding hydrogens is 484 g/mol. The van der Waals surface area contributed by atoms with Crippen molar-refractivity contribution in [1.29, 1.82) is 0 Å². The van der Waals surface area contributed by atoms with Gasteiger partial charge < -0.3 is 14.8 Å². The van der Waals surface area contributed by atoms with Gasteiger partial charge in [-0.1, -0.05) is 23.9 Å². The van der Waals surface area contributed by atoms with Gasteiger partial charge >= 0.3 is 0 Å². The number of ether oxygens (including phenoxy) is 2. The van der Waals surface area contributed by atoms with E-state index in [9.17, 15) is 9.59 Å². The molecule has 0 bridgehead atoms. The summed E-state index contributed by atoms with van der Waals surface area (Å²) in [7, 11) is 1.62. The third-order valence-electron chi connectivity index (χ3n) is 5.71. The maximum atomic E-state index is 13.2. The first kappa shape index (κ1) is 23.5. The molecule has 8 nitrogen and oxygen atoms in total. The minimum absolute atomic E-state index is 0.0180. The molecule has 1 fully saturated rings. The van der Waals surface area contributed by atoms with E-state index in [1.807, 2.05) is 47.8 Å². The van der Waals surface area contributed by atoms with Crippen molar-refractivity contribution in [1.82, 2.24) is 14.5 Å². The van der Waals surface area contributed by atoms with Crippen LogP contribution in [0, 0.1) is 0 Å². The third-order valence-corrected chi connectivity index (χ3v) is 7.44. The monoisotopic (exact) mass is 508 g/mol. The normalized spacial score (nSPS) is 15.4. The summed E-state index contributed by atoms with van der Waals surface area (Å²) in [6, 6.07) is 14.9. The van der Waals surface area contributed by atoms with Gasteiger partial charge in [-0.15, -0.1) is 11.3 Å². The number of para-hydroxylation sites is 1. The molecule has 4 aromatic rings. The Hall–Kier alpha value is -3.21. The number of methoxy groups -OCH3 is 1. The van der Waals surface area contributed by atoms with E-state index in [1.165, 1.54) is 23.1 Å². The number of thiazole rings is 1. The number of aromatic nitrogens is 3. The number of thioether (sulfide) groups is 1. The molecule has 1 atom stereocenters. The van der Waals surface area contributed by atoms with Crippen molar-refractivity contribution in [3.05, 3.63) is 64.3 Å². The lowest BCUT2D eigenvalue weighted by molar-refractivity contribution is -0.113. The summed E-state index contributed by atoms with van der Waals surface area (Å²) in [6.45, 7) is 1.13. The summed E-state index contributed by atoms with van der Waals surface area (Å²) in [5.41, 5.74) is 2.23. The van der Waals surface area contributed by atoms with Crippen LogP contribution in [0.15, 0.2) is 63.9 Å². The van der Waals surface area contributed by atoms with Gasteiger partial charge in [-0.25, -0.2) is 9.97 Å². The Morgan fingerprint density at radius 1 is 1.23 bits per heavy atom. The van der Waals surface area contributed by atoms with Gasteiger partial charge in [0, 0.05) is 17.6 Å². The van der Waals surface area contributed by atoms with Crippen LogP contribution in [0.2, 0.25) is 0 Å². The first-order chi connectivity index (χ1) is 17.1. The SMILES string of the molecule is COc1ccc(-c2csc(NC(=O)CSc3nc4ccccc4c(=O)n3C[C@H]3CCCO3)n2)cc1. The molecule has 1 saturated heterocycles. The number of benzene rings is 2. The number of fused-ring (bicyclic) bond motifs is 1. The Balaban J connectivity index is 1.29. The van der Waals surface area contributed by atoms with E-state index in [4.69, 9.17) is 9.47 Å². The van der Waals surface area contributed by atoms with Gasteiger partial charge in [0.05, 0.1) is 42.1 Å². The van der Waals surface area contributed by atoms with Gasteiger partial charge in [0.1, 0.15) is 5.75 Å². The maximum absolute atomic E-state index is 13.2. The highest BCUT2D eigenvalue weighted by molar-refractivity contribution is 7.99. The van der Waals surface area contributed by atoms with Crippen molar-refractivity contribution < 1.29 is 14.3 Å². The predicted molar refractivity (Wildman–Crippen MR) is 138 cm³/mol. The van der Waals surface area contributed by atoms with Gasteiger partial charge in [-0.2, -0.15) is 0 Å². The van der Waals surface area contributed by atoms with Crippen molar-refractivity contribution in [2.45, 2.75) is 30.6 Å². The smallest absolute Gasteiger partial charge is 0.262 e. The van der Waals surface area contributed by atoms with Crippen LogP contribution in [0.4, 0.5) is 5.13 Å². The number of nitrogens with zero attached hydrogens (tertiary/aromatic N) is 3. The number of hydrogen-bond acceptors (Lipinski definition) is 8. The molecule has 0 spiro atoms. The highest BCUT2D eigenvalue weighted by atomic mass is 32.2. The average Bonchev–Trinajstić information content (AvgIpc) is 3.57. The van der Waals surface area contributed by atoms with Crippen molar-refractivity contribution in [3.8, 4) is 17.0 Å². The Morgan fingerprint density at radius 3 is 2.83 bits per heavy atom. The van der Waals surface area contributed by atoms with E-state index >= 15 is 0 Å². The van der Waals surface area contributed by atoms with Crippen molar-refractivity contribution >= 4 is 45.0 Å². The van der Waals surface area contributed by atoms with E-state index in [0.717, 1.165) is 29.8 Å². The van der Waals surface area contributed by atoms with Crippen LogP contribution < -0.4 is 15.6 Å². The predicted octanol–water partition coefficient (Wildman–Crippen LogP) is 4.44. The first-order valence-electron chi connectivity index (χ1n) is 11.2. The van der Waals surface area contributed by atoms with Gasteiger partial charge in [0.15, 0.2) is 10.3 Å². The van der Waals surface area contributed by atoms with Gasteiger partial charge in [0.25, 0.3) is 5.56 Å². The fourth-order valence-corrected chi connectivity index (χ4v) is 5.47. The number of rotatable bonds is 8. The number of anilines is 1. The molecular formula is C25H24N4O4S2. The topological polar surface area (TPSA) is 95.3 Å². The lowest BCUT2D eigenvalue weighted by Gasteiger charge is -2.16. The van der Waals surface area contributed by atoms with E-state index in [0.29, 0.717) is 34.3 Å². The second-order valence-corrected chi connectivity index (χ2v) is 9.87. The van der Waals surface area contributed by atoms with Crippen LogP contribution in [0.3, 0.4) is 0 Å². The molecule has 10 heteroatoms. The standard InChI is InChI=1S/C25H24N4O4S2/c1-32-17-10-8-16(9-11-17)21-14-34-24(26-21)28-22(30)15-35-25-27-20-7-3-2-6-19(20)23(31)29(25)13-18-5-4-12-33-18/h2-3,6-11,14,18H,4-5,12-13,15H2,1H3,(H,26,28,30)/t18-/m1/s1. The first-order valence-corrected chi connectivity index (χ1v) is 13.1. The van der Waals surface area contributed by atoms with Crippen LogP contribution in [-0.4, -0.2) is 46.0 Å². The summed E-state index contributed by atoms with van der Waals surface area (Å²) in [6.07, 6.45) is 1.87. The molecule has 35 heavy (non-hydrogen) atoms. The minimum atomic E-state index is -0.211. The summed E-state index contributed by atoms with van der Waals surface area (Å²) in [5, 5.41) is 6.34. The largest absolute Gasteiger partial charge is 0.497 e. The fourth-order valence-electron chi connectivity index (χ4n) is 3.92. The lowest BCUT2D eigenvalue weighted by Crippen LogP contribution is -2.29. The minimum Gasteiger partial charge on any atom is -0.497 e. The molecule has 0 unspecified atom stereocenters. The van der Waals surface area contributed by atoms with Crippen LogP contribution in [0.1, 0.15) is 12.8 Å². The van der Waals surface area contributed by atoms with E-state index < -0.39 is 0 Å². The van der Waals surface area contributed by atoms with E-state index in [1.54, 1.807) is 17.7 Å². The van der Waals surface area contributed by atoms with Crippen molar-refractivity contribution in [2.24, 2.45) is 0 Å². The summed E-state index contributed by atoms with van der Waals surface area (Å²) in [5.74, 6) is 0.666. The fraction of sp³-hybridized carbons (Fsp3) is 0.280. The second kappa shape index (κ2) is 10.6. The molecule has 180 valence electrons. The van der Waals surface area contributed by atoms with Crippen LogP contribution in [0.25, 0.3) is 22.2 Å². The molecule has 0 radical (unpaired) electrons. The molecule has 3 heterocycles. The molecule has 0 aliphatic carbocycles. The zero-order valence-corrected chi connectivity index (χ0v) is 20.7. The molecule has 0 saturated carbocycles. The Kier molecular flexibility index (Phi) is 7.12. The van der Waals surface area contributed by atoms with Crippen LogP contribution in [0.5, 0.6) is 5.75 Å². The molecule has 5 rings (SSSR count). The number of carbonyl (C=O) groups excluding carboxylic acids is 1. The summed E-state index contributed by atoms with van der Waals surface area (Å²) < 4.78 is 12.6.